The summed E-state index contributed by atoms with van der Waals surface area (Å²) in [5.41, 5.74) is 8.75. The van der Waals surface area contributed by atoms with Gasteiger partial charge in [0.15, 0.2) is 0 Å². The molecule has 1 saturated heterocycles. The topological polar surface area (TPSA) is 46.3 Å². The van der Waals surface area contributed by atoms with E-state index in [1.165, 1.54) is 5.56 Å². The quantitative estimate of drug-likeness (QED) is 0.902. The second-order valence-corrected chi connectivity index (χ2v) is 7.18. The fraction of sp³-hybridized carbons (Fsp3) is 0.409. The molecule has 0 aromatic heterocycles. The lowest BCUT2D eigenvalue weighted by atomic mass is 9.88. The summed E-state index contributed by atoms with van der Waals surface area (Å²) >= 11 is 0. The molecular weight excluding hydrogens is 308 g/mol. The highest BCUT2D eigenvalue weighted by molar-refractivity contribution is 5.79. The Morgan fingerprint density at radius 1 is 1.04 bits per heavy atom. The monoisotopic (exact) mass is 336 g/mol. The number of hydrogen-bond donors (Lipinski definition) is 1. The van der Waals surface area contributed by atoms with Crippen molar-refractivity contribution in [2.24, 2.45) is 17.6 Å². The van der Waals surface area contributed by atoms with Crippen LogP contribution in [0.4, 0.5) is 0 Å². The summed E-state index contributed by atoms with van der Waals surface area (Å²) in [6.07, 6.45) is 3.27. The zero-order valence-electron chi connectivity index (χ0n) is 15.0. The molecule has 1 amide bonds. The first-order chi connectivity index (χ1) is 12.1. The van der Waals surface area contributed by atoms with Crippen LogP contribution in [-0.2, 0) is 11.2 Å². The first kappa shape index (κ1) is 17.7. The van der Waals surface area contributed by atoms with Crippen LogP contribution >= 0.6 is 0 Å². The maximum Gasteiger partial charge on any atom is 0.227 e. The third-order valence-corrected chi connectivity index (χ3v) is 5.41. The molecular formula is C22H28N2O. The first-order valence-corrected chi connectivity index (χ1v) is 9.28. The number of nitrogens with zero attached hydrogens (tertiary/aromatic N) is 1. The summed E-state index contributed by atoms with van der Waals surface area (Å²) in [5.74, 6) is 0.673. The number of carbonyl (C=O) groups is 1. The molecule has 0 bridgehead atoms. The number of piperidine rings is 1. The lowest BCUT2D eigenvalue weighted by molar-refractivity contribution is -0.137. The lowest BCUT2D eigenvalue weighted by Crippen LogP contribution is -2.44. The van der Waals surface area contributed by atoms with Gasteiger partial charge in [-0.05, 0) is 36.3 Å². The van der Waals surface area contributed by atoms with Gasteiger partial charge in [-0.3, -0.25) is 4.79 Å². The van der Waals surface area contributed by atoms with Crippen LogP contribution in [0.1, 0.15) is 36.9 Å². The van der Waals surface area contributed by atoms with Gasteiger partial charge >= 0.3 is 0 Å². The molecule has 2 atom stereocenters. The summed E-state index contributed by atoms with van der Waals surface area (Å²) < 4.78 is 0. The van der Waals surface area contributed by atoms with Gasteiger partial charge in [-0.25, -0.2) is 0 Å². The van der Waals surface area contributed by atoms with Crippen molar-refractivity contribution < 1.29 is 4.79 Å². The van der Waals surface area contributed by atoms with Crippen LogP contribution in [0.15, 0.2) is 60.7 Å². The third-order valence-electron chi connectivity index (χ3n) is 5.41. The molecule has 2 N–H and O–H groups in total. The fourth-order valence-corrected chi connectivity index (χ4v) is 3.71. The number of carbonyl (C=O) groups excluding carboxylic acids is 1. The molecule has 2 unspecified atom stereocenters. The minimum atomic E-state index is -0.240. The largest absolute Gasteiger partial charge is 0.342 e. The van der Waals surface area contributed by atoms with Crippen LogP contribution in [-0.4, -0.2) is 23.9 Å². The highest BCUT2D eigenvalue weighted by Gasteiger charge is 2.29. The summed E-state index contributed by atoms with van der Waals surface area (Å²) in [5, 5.41) is 0. The Morgan fingerprint density at radius 2 is 1.60 bits per heavy atom. The summed E-state index contributed by atoms with van der Waals surface area (Å²) in [6, 6.07) is 20.3. The highest BCUT2D eigenvalue weighted by atomic mass is 16.2. The maximum atomic E-state index is 12.8. The Balaban J connectivity index is 1.52. The minimum absolute atomic E-state index is 0.187. The van der Waals surface area contributed by atoms with Gasteiger partial charge in [-0.2, -0.15) is 0 Å². The highest BCUT2D eigenvalue weighted by Crippen LogP contribution is 2.26. The number of rotatable bonds is 5. The van der Waals surface area contributed by atoms with Crippen molar-refractivity contribution in [2.45, 2.75) is 32.2 Å². The van der Waals surface area contributed by atoms with Crippen molar-refractivity contribution in [2.75, 3.05) is 13.1 Å². The van der Waals surface area contributed by atoms with E-state index in [-0.39, 0.29) is 17.9 Å². The summed E-state index contributed by atoms with van der Waals surface area (Å²) in [4.78, 5) is 14.8. The molecule has 0 saturated carbocycles. The van der Waals surface area contributed by atoms with E-state index in [4.69, 9.17) is 5.73 Å². The van der Waals surface area contributed by atoms with Crippen molar-refractivity contribution in [3.8, 4) is 0 Å². The van der Waals surface area contributed by atoms with Crippen LogP contribution in [0.2, 0.25) is 0 Å². The van der Waals surface area contributed by atoms with Crippen LogP contribution in [0.25, 0.3) is 0 Å². The standard InChI is InChI=1S/C22H28N2O/c1-17(21(23)20-10-6-3-7-11-20)22(25)24-14-12-19(13-15-24)16-18-8-4-2-5-9-18/h2-11,17,19,21H,12-16,23H2,1H3. The smallest absolute Gasteiger partial charge is 0.227 e. The Kier molecular flexibility index (Phi) is 5.87. The zero-order chi connectivity index (χ0) is 17.6. The van der Waals surface area contributed by atoms with Gasteiger partial charge in [-0.1, -0.05) is 67.6 Å². The van der Waals surface area contributed by atoms with Crippen LogP contribution < -0.4 is 5.73 Å². The van der Waals surface area contributed by atoms with E-state index in [0.29, 0.717) is 5.92 Å². The van der Waals surface area contributed by atoms with Gasteiger partial charge in [0.05, 0.1) is 5.92 Å². The van der Waals surface area contributed by atoms with Crippen LogP contribution in [0.3, 0.4) is 0 Å². The van der Waals surface area contributed by atoms with Gasteiger partial charge in [0, 0.05) is 19.1 Å². The van der Waals surface area contributed by atoms with E-state index in [1.54, 1.807) is 0 Å². The number of benzene rings is 2. The van der Waals surface area contributed by atoms with Gasteiger partial charge in [-0.15, -0.1) is 0 Å². The van der Waals surface area contributed by atoms with Gasteiger partial charge in [0.2, 0.25) is 5.91 Å². The normalized spacial score (nSPS) is 17.9. The van der Waals surface area contributed by atoms with E-state index < -0.39 is 0 Å². The SMILES string of the molecule is CC(C(=O)N1CCC(Cc2ccccc2)CC1)C(N)c1ccccc1. The fourth-order valence-electron chi connectivity index (χ4n) is 3.71. The summed E-state index contributed by atoms with van der Waals surface area (Å²) in [7, 11) is 0. The molecule has 3 rings (SSSR count). The molecule has 2 aromatic carbocycles. The predicted molar refractivity (Wildman–Crippen MR) is 102 cm³/mol. The number of amides is 1. The average Bonchev–Trinajstić information content (AvgIpc) is 2.68. The second kappa shape index (κ2) is 8.30. The van der Waals surface area contributed by atoms with E-state index in [0.717, 1.165) is 37.9 Å². The maximum absolute atomic E-state index is 12.8. The molecule has 132 valence electrons. The van der Waals surface area contributed by atoms with Gasteiger partial charge < -0.3 is 10.6 Å². The zero-order valence-corrected chi connectivity index (χ0v) is 15.0. The van der Waals surface area contributed by atoms with Crippen molar-refractivity contribution in [1.82, 2.24) is 4.90 Å². The lowest BCUT2D eigenvalue weighted by Gasteiger charge is -2.35. The molecule has 3 nitrogen and oxygen atoms in total. The van der Waals surface area contributed by atoms with Gasteiger partial charge in [0.25, 0.3) is 0 Å². The second-order valence-electron chi connectivity index (χ2n) is 7.18. The van der Waals surface area contributed by atoms with E-state index in [9.17, 15) is 4.79 Å². The van der Waals surface area contributed by atoms with Gasteiger partial charge in [0.1, 0.15) is 0 Å². The van der Waals surface area contributed by atoms with Crippen molar-refractivity contribution in [3.63, 3.8) is 0 Å². The molecule has 0 aliphatic carbocycles. The van der Waals surface area contributed by atoms with E-state index in [2.05, 4.69) is 30.3 Å². The molecule has 0 spiro atoms. The predicted octanol–water partition coefficient (Wildman–Crippen LogP) is 3.80. The van der Waals surface area contributed by atoms with Crippen molar-refractivity contribution in [1.29, 1.82) is 0 Å². The molecule has 1 fully saturated rings. The molecule has 25 heavy (non-hydrogen) atoms. The Hall–Kier alpha value is -2.13. The Labute approximate surface area is 150 Å². The number of nitrogens with two attached hydrogens (primary N) is 1. The first-order valence-electron chi connectivity index (χ1n) is 9.28. The molecule has 0 radical (unpaired) electrons. The minimum Gasteiger partial charge on any atom is -0.342 e. The molecule has 1 aliphatic rings. The number of likely N-dealkylation sites (tertiary alicyclic amines) is 1. The Bertz CT molecular complexity index is 663. The van der Waals surface area contributed by atoms with Crippen molar-refractivity contribution in [3.05, 3.63) is 71.8 Å². The summed E-state index contributed by atoms with van der Waals surface area (Å²) in [6.45, 7) is 3.65. The molecule has 2 aromatic rings. The third kappa shape index (κ3) is 4.49. The molecule has 1 heterocycles. The van der Waals surface area contributed by atoms with E-state index in [1.807, 2.05) is 42.2 Å². The average molecular weight is 336 g/mol. The number of hydrogen-bond acceptors (Lipinski definition) is 2. The van der Waals surface area contributed by atoms with Crippen molar-refractivity contribution >= 4 is 5.91 Å². The molecule has 3 heteroatoms. The Morgan fingerprint density at radius 3 is 2.20 bits per heavy atom. The van der Waals surface area contributed by atoms with Crippen LogP contribution in [0.5, 0.6) is 0 Å². The van der Waals surface area contributed by atoms with E-state index >= 15 is 0 Å². The molecule has 1 aliphatic heterocycles. The van der Waals surface area contributed by atoms with Crippen LogP contribution in [0, 0.1) is 11.8 Å².